The molecule has 1 nitrogen and oxygen atoms in total. The van der Waals surface area contributed by atoms with Gasteiger partial charge in [0.25, 0.3) is 0 Å². The first kappa shape index (κ1) is 15.2. The Hall–Kier alpha value is -0.890. The molecule has 0 aromatic heterocycles. The molecule has 0 amide bonds. The van der Waals surface area contributed by atoms with E-state index < -0.39 is 0 Å². The summed E-state index contributed by atoms with van der Waals surface area (Å²) < 4.78 is 14.3. The predicted octanol–water partition coefficient (Wildman–Crippen LogP) is 3.97. The van der Waals surface area contributed by atoms with Crippen LogP contribution in [-0.4, -0.2) is 6.54 Å². The molecule has 0 atom stereocenters. The van der Waals surface area contributed by atoms with Crippen molar-refractivity contribution in [2.24, 2.45) is 5.73 Å². The summed E-state index contributed by atoms with van der Waals surface area (Å²) in [6.45, 7) is 8.93. The third kappa shape index (κ3) is 3.81. The molecule has 0 aliphatic heterocycles. The molecule has 0 unspecified atom stereocenters. The zero-order valence-corrected chi connectivity index (χ0v) is 12.1. The van der Waals surface area contributed by atoms with Gasteiger partial charge in [0, 0.05) is 0 Å². The van der Waals surface area contributed by atoms with E-state index in [2.05, 4.69) is 20.8 Å². The van der Waals surface area contributed by atoms with Crippen molar-refractivity contribution in [3.63, 3.8) is 0 Å². The highest BCUT2D eigenvalue weighted by Crippen LogP contribution is 2.29. The molecule has 0 bridgehead atoms. The molecular weight excluding hydrogens is 225 g/mol. The van der Waals surface area contributed by atoms with Gasteiger partial charge in [-0.1, -0.05) is 39.8 Å². The van der Waals surface area contributed by atoms with Gasteiger partial charge in [0.15, 0.2) is 0 Å². The van der Waals surface area contributed by atoms with Crippen LogP contribution in [0.3, 0.4) is 0 Å². The van der Waals surface area contributed by atoms with Gasteiger partial charge in [-0.2, -0.15) is 0 Å². The Kier molecular flexibility index (Phi) is 5.33. The van der Waals surface area contributed by atoms with E-state index in [9.17, 15) is 4.39 Å². The van der Waals surface area contributed by atoms with Crippen molar-refractivity contribution in [3.8, 4) is 0 Å². The lowest BCUT2D eigenvalue weighted by Crippen LogP contribution is -2.15. The molecule has 0 saturated heterocycles. The van der Waals surface area contributed by atoms with Gasteiger partial charge in [-0.3, -0.25) is 0 Å². The van der Waals surface area contributed by atoms with Gasteiger partial charge in [0.2, 0.25) is 0 Å². The molecule has 0 heterocycles. The van der Waals surface area contributed by atoms with Crippen molar-refractivity contribution in [1.82, 2.24) is 0 Å². The molecule has 102 valence electrons. The van der Waals surface area contributed by atoms with Crippen LogP contribution in [0, 0.1) is 5.82 Å². The lowest BCUT2D eigenvalue weighted by Gasteiger charge is -2.22. The molecule has 0 aliphatic carbocycles. The van der Waals surface area contributed by atoms with Crippen LogP contribution in [-0.2, 0) is 18.3 Å². The van der Waals surface area contributed by atoms with Crippen LogP contribution in [0.2, 0.25) is 0 Å². The second-order valence-electron chi connectivity index (χ2n) is 5.97. The van der Waals surface area contributed by atoms with Crippen molar-refractivity contribution in [3.05, 3.63) is 34.6 Å². The summed E-state index contributed by atoms with van der Waals surface area (Å²) in [5, 5.41) is 0. The van der Waals surface area contributed by atoms with Crippen LogP contribution < -0.4 is 5.73 Å². The van der Waals surface area contributed by atoms with Crippen molar-refractivity contribution in [2.75, 3.05) is 6.54 Å². The quantitative estimate of drug-likeness (QED) is 0.787. The number of hydrogen-bond donors (Lipinski definition) is 1. The molecule has 2 N–H and O–H groups in total. The average molecular weight is 251 g/mol. The Bertz CT molecular complexity index is 391. The minimum absolute atomic E-state index is 0.0208. The van der Waals surface area contributed by atoms with E-state index in [4.69, 9.17) is 5.73 Å². The topological polar surface area (TPSA) is 26.0 Å². The SMILES string of the molecule is CCc1cc(CCCCN)cc(C(C)(C)C)c1F. The lowest BCUT2D eigenvalue weighted by molar-refractivity contribution is 0.514. The highest BCUT2D eigenvalue weighted by atomic mass is 19.1. The van der Waals surface area contributed by atoms with E-state index in [-0.39, 0.29) is 11.2 Å². The number of aryl methyl sites for hydroxylation is 2. The molecule has 0 spiro atoms. The Labute approximate surface area is 111 Å². The van der Waals surface area contributed by atoms with Crippen LogP contribution in [0.1, 0.15) is 57.2 Å². The molecule has 1 rings (SSSR count). The normalized spacial score (nSPS) is 11.9. The first-order valence-corrected chi connectivity index (χ1v) is 6.92. The van der Waals surface area contributed by atoms with E-state index in [1.54, 1.807) is 0 Å². The maximum atomic E-state index is 14.3. The second-order valence-corrected chi connectivity index (χ2v) is 5.97. The minimum atomic E-state index is -0.141. The molecular formula is C16H26FN. The predicted molar refractivity (Wildman–Crippen MR) is 76.5 cm³/mol. The van der Waals surface area contributed by atoms with E-state index in [1.165, 1.54) is 5.56 Å². The summed E-state index contributed by atoms with van der Waals surface area (Å²) in [6, 6.07) is 4.05. The van der Waals surface area contributed by atoms with Gasteiger partial charge in [0.05, 0.1) is 0 Å². The van der Waals surface area contributed by atoms with Gasteiger partial charge in [-0.15, -0.1) is 0 Å². The molecule has 2 heteroatoms. The van der Waals surface area contributed by atoms with E-state index >= 15 is 0 Å². The Morgan fingerprint density at radius 1 is 1.17 bits per heavy atom. The summed E-state index contributed by atoms with van der Waals surface area (Å²) in [4.78, 5) is 0. The summed E-state index contributed by atoms with van der Waals surface area (Å²) in [5.41, 5.74) is 8.29. The standard InChI is InChI=1S/C16H26FN/c1-5-13-10-12(8-6-7-9-18)11-14(15(13)17)16(2,3)4/h10-11H,5-9,18H2,1-4H3. The van der Waals surface area contributed by atoms with Gasteiger partial charge < -0.3 is 5.73 Å². The fourth-order valence-electron chi connectivity index (χ4n) is 2.17. The monoisotopic (exact) mass is 251 g/mol. The van der Waals surface area contributed by atoms with Crippen LogP contribution >= 0.6 is 0 Å². The zero-order valence-electron chi connectivity index (χ0n) is 12.1. The molecule has 1 aromatic carbocycles. The second kappa shape index (κ2) is 6.33. The highest BCUT2D eigenvalue weighted by Gasteiger charge is 2.21. The van der Waals surface area contributed by atoms with Crippen LogP contribution in [0.15, 0.2) is 12.1 Å². The number of unbranched alkanes of at least 4 members (excludes halogenated alkanes) is 1. The third-order valence-electron chi connectivity index (χ3n) is 3.32. The van der Waals surface area contributed by atoms with E-state index in [1.807, 2.05) is 19.1 Å². The third-order valence-corrected chi connectivity index (χ3v) is 3.32. The zero-order chi connectivity index (χ0) is 13.8. The van der Waals surface area contributed by atoms with Gasteiger partial charge in [-0.25, -0.2) is 4.39 Å². The van der Waals surface area contributed by atoms with Crippen LogP contribution in [0.4, 0.5) is 4.39 Å². The van der Waals surface area contributed by atoms with Crippen LogP contribution in [0.25, 0.3) is 0 Å². The lowest BCUT2D eigenvalue weighted by atomic mass is 9.83. The average Bonchev–Trinajstić information content (AvgIpc) is 2.29. The van der Waals surface area contributed by atoms with Gasteiger partial charge >= 0.3 is 0 Å². The highest BCUT2D eigenvalue weighted by molar-refractivity contribution is 5.36. The van der Waals surface area contributed by atoms with Gasteiger partial charge in [-0.05, 0) is 54.3 Å². The maximum absolute atomic E-state index is 14.3. The first-order chi connectivity index (χ1) is 8.40. The summed E-state index contributed by atoms with van der Waals surface area (Å²) >= 11 is 0. The van der Waals surface area contributed by atoms with Gasteiger partial charge in [0.1, 0.15) is 5.82 Å². The number of nitrogens with two attached hydrogens (primary N) is 1. The summed E-state index contributed by atoms with van der Waals surface area (Å²) in [5.74, 6) is -0.0208. The molecule has 1 aromatic rings. The Morgan fingerprint density at radius 2 is 1.83 bits per heavy atom. The molecule has 0 fully saturated rings. The van der Waals surface area contributed by atoms with Crippen molar-refractivity contribution in [2.45, 2.75) is 58.8 Å². The molecule has 18 heavy (non-hydrogen) atoms. The molecule has 0 saturated carbocycles. The number of benzene rings is 1. The van der Waals surface area contributed by atoms with E-state index in [0.29, 0.717) is 0 Å². The van der Waals surface area contributed by atoms with Crippen LogP contribution in [0.5, 0.6) is 0 Å². The fraction of sp³-hybridized carbons (Fsp3) is 0.625. The minimum Gasteiger partial charge on any atom is -0.330 e. The number of halogens is 1. The maximum Gasteiger partial charge on any atom is 0.130 e. The summed E-state index contributed by atoms with van der Waals surface area (Å²) in [7, 11) is 0. The number of hydrogen-bond acceptors (Lipinski definition) is 1. The molecule has 0 radical (unpaired) electrons. The van der Waals surface area contributed by atoms with Crippen molar-refractivity contribution < 1.29 is 4.39 Å². The van der Waals surface area contributed by atoms with Crippen molar-refractivity contribution in [1.29, 1.82) is 0 Å². The first-order valence-electron chi connectivity index (χ1n) is 6.92. The number of rotatable bonds is 5. The summed E-state index contributed by atoms with van der Waals surface area (Å²) in [6.07, 6.45) is 3.85. The fourth-order valence-corrected chi connectivity index (χ4v) is 2.17. The largest absolute Gasteiger partial charge is 0.330 e. The van der Waals surface area contributed by atoms with Crippen molar-refractivity contribution >= 4 is 0 Å². The smallest absolute Gasteiger partial charge is 0.130 e. The Balaban J connectivity index is 3.06. The Morgan fingerprint density at radius 3 is 2.33 bits per heavy atom. The van der Waals surface area contributed by atoms with E-state index in [0.717, 1.165) is 43.4 Å². The molecule has 0 aliphatic rings.